The van der Waals surface area contributed by atoms with E-state index in [9.17, 15) is 9.18 Å². The Balaban J connectivity index is 2.35. The first-order valence-corrected chi connectivity index (χ1v) is 5.77. The van der Waals surface area contributed by atoms with Gasteiger partial charge in [0.15, 0.2) is 0 Å². The highest BCUT2D eigenvalue weighted by Crippen LogP contribution is 2.23. The average molecular weight is 234 g/mol. The van der Waals surface area contributed by atoms with Crippen LogP contribution in [0.4, 0.5) is 4.39 Å². The second-order valence-corrected chi connectivity index (χ2v) is 4.94. The van der Waals surface area contributed by atoms with E-state index in [4.69, 9.17) is 0 Å². The monoisotopic (exact) mass is 234 g/mol. The van der Waals surface area contributed by atoms with Gasteiger partial charge < -0.3 is 0 Å². The molecule has 0 aliphatic rings. The van der Waals surface area contributed by atoms with Crippen molar-refractivity contribution >= 4 is 17.1 Å². The van der Waals surface area contributed by atoms with Gasteiger partial charge in [0.05, 0.1) is 4.88 Å². The normalized spacial score (nSPS) is 10.4. The predicted octanol–water partition coefficient (Wildman–Crippen LogP) is 3.74. The molecule has 1 aromatic carbocycles. The largest absolute Gasteiger partial charge is 0.288 e. The SMILES string of the molecule is Cc1cc(C(=O)c2ccc(F)cc2)sc1C. The zero-order chi connectivity index (χ0) is 11.7. The van der Waals surface area contributed by atoms with Crippen molar-refractivity contribution < 1.29 is 9.18 Å². The summed E-state index contributed by atoms with van der Waals surface area (Å²) in [5.74, 6) is -0.365. The third kappa shape index (κ3) is 2.04. The fourth-order valence-corrected chi connectivity index (χ4v) is 2.42. The number of ketones is 1. The third-order valence-corrected chi connectivity index (χ3v) is 3.65. The number of carbonyl (C=O) groups is 1. The summed E-state index contributed by atoms with van der Waals surface area (Å²) < 4.78 is 12.7. The van der Waals surface area contributed by atoms with Gasteiger partial charge in [0.2, 0.25) is 5.78 Å². The molecule has 82 valence electrons. The van der Waals surface area contributed by atoms with Crippen molar-refractivity contribution in [3.63, 3.8) is 0 Å². The summed E-state index contributed by atoms with van der Waals surface area (Å²) in [5.41, 5.74) is 1.65. The van der Waals surface area contributed by atoms with Crippen LogP contribution in [0.15, 0.2) is 30.3 Å². The van der Waals surface area contributed by atoms with Crippen LogP contribution >= 0.6 is 11.3 Å². The quantitative estimate of drug-likeness (QED) is 0.723. The smallest absolute Gasteiger partial charge is 0.202 e. The summed E-state index contributed by atoms with van der Waals surface area (Å²) in [6.45, 7) is 3.97. The van der Waals surface area contributed by atoms with E-state index in [1.807, 2.05) is 19.9 Å². The molecule has 1 aromatic heterocycles. The number of hydrogen-bond donors (Lipinski definition) is 0. The summed E-state index contributed by atoms with van der Waals surface area (Å²) in [5, 5.41) is 0. The fraction of sp³-hybridized carbons (Fsp3) is 0.154. The van der Waals surface area contributed by atoms with Crippen molar-refractivity contribution in [1.29, 1.82) is 0 Å². The number of halogens is 1. The lowest BCUT2D eigenvalue weighted by Crippen LogP contribution is -1.98. The maximum Gasteiger partial charge on any atom is 0.202 e. The lowest BCUT2D eigenvalue weighted by molar-refractivity contribution is 0.104. The Kier molecular flexibility index (Phi) is 2.88. The molecule has 0 saturated carbocycles. The molecule has 1 nitrogen and oxygen atoms in total. The van der Waals surface area contributed by atoms with Gasteiger partial charge in [-0.1, -0.05) is 0 Å². The van der Waals surface area contributed by atoms with Gasteiger partial charge in [0.1, 0.15) is 5.82 Å². The Morgan fingerprint density at radius 1 is 1.19 bits per heavy atom. The van der Waals surface area contributed by atoms with Crippen LogP contribution in [0.2, 0.25) is 0 Å². The molecule has 0 amide bonds. The van der Waals surface area contributed by atoms with Gasteiger partial charge >= 0.3 is 0 Å². The van der Waals surface area contributed by atoms with Crippen molar-refractivity contribution in [1.82, 2.24) is 0 Å². The van der Waals surface area contributed by atoms with E-state index in [1.54, 1.807) is 0 Å². The maximum absolute atomic E-state index is 12.7. The molecule has 0 saturated heterocycles. The minimum Gasteiger partial charge on any atom is -0.288 e. The molecule has 3 heteroatoms. The number of thiophene rings is 1. The number of benzene rings is 1. The third-order valence-electron chi connectivity index (χ3n) is 2.50. The second-order valence-electron chi connectivity index (χ2n) is 3.69. The molecular formula is C13H11FOS. The van der Waals surface area contributed by atoms with Crippen molar-refractivity contribution in [3.8, 4) is 0 Å². The Bertz CT molecular complexity index is 506. The van der Waals surface area contributed by atoms with E-state index in [-0.39, 0.29) is 11.6 Å². The van der Waals surface area contributed by atoms with Gasteiger partial charge in [-0.15, -0.1) is 11.3 Å². The molecule has 0 aliphatic heterocycles. The van der Waals surface area contributed by atoms with E-state index in [2.05, 4.69) is 0 Å². The number of rotatable bonds is 2. The number of aryl methyl sites for hydroxylation is 2. The van der Waals surface area contributed by atoms with E-state index in [0.29, 0.717) is 10.4 Å². The minimum absolute atomic E-state index is 0.0406. The van der Waals surface area contributed by atoms with Crippen LogP contribution in [0.1, 0.15) is 25.7 Å². The van der Waals surface area contributed by atoms with Gasteiger partial charge in [0, 0.05) is 10.4 Å². The summed E-state index contributed by atoms with van der Waals surface area (Å²) in [6.07, 6.45) is 0. The first-order valence-electron chi connectivity index (χ1n) is 4.95. The Morgan fingerprint density at radius 2 is 1.81 bits per heavy atom. The molecular weight excluding hydrogens is 223 g/mol. The molecule has 0 bridgehead atoms. The molecule has 1 heterocycles. The molecule has 0 unspecified atom stereocenters. The lowest BCUT2D eigenvalue weighted by Gasteiger charge is -1.97. The van der Waals surface area contributed by atoms with Crippen LogP contribution in [-0.2, 0) is 0 Å². The van der Waals surface area contributed by atoms with Gasteiger partial charge in [-0.25, -0.2) is 4.39 Å². The molecule has 2 aromatic rings. The van der Waals surface area contributed by atoms with Crippen LogP contribution in [-0.4, -0.2) is 5.78 Å². The van der Waals surface area contributed by atoms with Gasteiger partial charge in [-0.05, 0) is 49.7 Å². The zero-order valence-corrected chi connectivity index (χ0v) is 9.90. The van der Waals surface area contributed by atoms with Crippen molar-refractivity contribution in [2.45, 2.75) is 13.8 Å². The highest BCUT2D eigenvalue weighted by molar-refractivity contribution is 7.14. The summed E-state index contributed by atoms with van der Waals surface area (Å²) in [4.78, 5) is 13.9. The first-order chi connectivity index (χ1) is 7.58. The molecule has 0 fully saturated rings. The second kappa shape index (κ2) is 4.18. The number of carbonyl (C=O) groups excluding carboxylic acids is 1. The zero-order valence-electron chi connectivity index (χ0n) is 9.08. The molecule has 0 N–H and O–H groups in total. The van der Waals surface area contributed by atoms with E-state index in [0.717, 1.165) is 10.4 Å². The molecule has 0 atom stereocenters. The van der Waals surface area contributed by atoms with Crippen LogP contribution in [0.3, 0.4) is 0 Å². The first kappa shape index (κ1) is 11.0. The molecule has 16 heavy (non-hydrogen) atoms. The topological polar surface area (TPSA) is 17.1 Å². The van der Waals surface area contributed by atoms with Crippen molar-refractivity contribution in [3.05, 3.63) is 57.0 Å². The summed E-state index contributed by atoms with van der Waals surface area (Å²) in [7, 11) is 0. The minimum atomic E-state index is -0.324. The molecule has 0 aliphatic carbocycles. The van der Waals surface area contributed by atoms with Gasteiger partial charge in [-0.3, -0.25) is 4.79 Å². The van der Waals surface area contributed by atoms with Crippen LogP contribution in [0, 0.1) is 19.7 Å². The van der Waals surface area contributed by atoms with E-state index >= 15 is 0 Å². The highest BCUT2D eigenvalue weighted by atomic mass is 32.1. The van der Waals surface area contributed by atoms with Gasteiger partial charge in [-0.2, -0.15) is 0 Å². The lowest BCUT2D eigenvalue weighted by atomic mass is 10.1. The Hall–Kier alpha value is -1.48. The maximum atomic E-state index is 12.7. The van der Waals surface area contributed by atoms with Crippen molar-refractivity contribution in [2.75, 3.05) is 0 Å². The van der Waals surface area contributed by atoms with Crippen molar-refractivity contribution in [2.24, 2.45) is 0 Å². The van der Waals surface area contributed by atoms with Crippen LogP contribution in [0.25, 0.3) is 0 Å². The molecule has 0 radical (unpaired) electrons. The fourth-order valence-electron chi connectivity index (χ4n) is 1.43. The summed E-state index contributed by atoms with van der Waals surface area (Å²) >= 11 is 1.48. The summed E-state index contributed by atoms with van der Waals surface area (Å²) in [6, 6.07) is 7.52. The van der Waals surface area contributed by atoms with Gasteiger partial charge in [0.25, 0.3) is 0 Å². The number of hydrogen-bond acceptors (Lipinski definition) is 2. The average Bonchev–Trinajstić information content (AvgIpc) is 2.59. The van der Waals surface area contributed by atoms with Crippen LogP contribution < -0.4 is 0 Å². The highest BCUT2D eigenvalue weighted by Gasteiger charge is 2.12. The standard InChI is InChI=1S/C13H11FOS/c1-8-7-12(16-9(8)2)13(15)10-3-5-11(14)6-4-10/h3-7H,1-2H3. The Labute approximate surface area is 97.6 Å². The van der Waals surface area contributed by atoms with E-state index in [1.165, 1.54) is 35.6 Å². The molecule has 2 rings (SSSR count). The Morgan fingerprint density at radius 3 is 2.31 bits per heavy atom. The van der Waals surface area contributed by atoms with Crippen LogP contribution in [0.5, 0.6) is 0 Å². The van der Waals surface area contributed by atoms with E-state index < -0.39 is 0 Å². The predicted molar refractivity (Wildman–Crippen MR) is 63.6 cm³/mol. The molecule has 0 spiro atoms.